The van der Waals surface area contributed by atoms with Gasteiger partial charge in [-0.1, -0.05) is 0 Å². The number of anilines is 1. The van der Waals surface area contributed by atoms with Gasteiger partial charge in [0.2, 0.25) is 0 Å². The molecule has 12 heteroatoms. The number of hydrogen-bond acceptors (Lipinski definition) is 5. The Balaban J connectivity index is 1.72. The number of alkyl halides is 6. The number of benzene rings is 1. The minimum Gasteiger partial charge on any atom is -0.370 e. The van der Waals surface area contributed by atoms with Gasteiger partial charge in [-0.15, -0.1) is 0 Å². The first-order chi connectivity index (χ1) is 16.6. The molecule has 6 nitrogen and oxygen atoms in total. The first-order valence-corrected chi connectivity index (χ1v) is 10.4. The lowest BCUT2D eigenvalue weighted by molar-refractivity contribution is -0.143. The highest BCUT2D eigenvalue weighted by atomic mass is 19.4. The van der Waals surface area contributed by atoms with Crippen LogP contribution in [-0.4, -0.2) is 31.0 Å². The van der Waals surface area contributed by atoms with Crippen molar-refractivity contribution in [1.82, 2.24) is 24.5 Å². The molecule has 0 atom stereocenters. The van der Waals surface area contributed by atoms with Gasteiger partial charge in [-0.05, 0) is 36.8 Å². The van der Waals surface area contributed by atoms with E-state index in [1.165, 1.54) is 18.5 Å². The van der Waals surface area contributed by atoms with E-state index in [9.17, 15) is 26.3 Å². The van der Waals surface area contributed by atoms with E-state index in [-0.39, 0.29) is 29.0 Å². The quantitative estimate of drug-likeness (QED) is 0.255. The summed E-state index contributed by atoms with van der Waals surface area (Å²) in [5.74, 6) is 0.395. The number of hydrogen-bond donors (Lipinski definition) is 1. The number of imidazole rings is 1. The lowest BCUT2D eigenvalue weighted by Crippen LogP contribution is -2.11. The molecule has 3 heterocycles. The zero-order chi connectivity index (χ0) is 25.1. The van der Waals surface area contributed by atoms with Gasteiger partial charge in [0.15, 0.2) is 5.82 Å². The minimum atomic E-state index is -4.97. The monoisotopic (exact) mass is 492 g/mol. The summed E-state index contributed by atoms with van der Waals surface area (Å²) in [6.07, 6.45) is -1.19. The predicted octanol–water partition coefficient (Wildman–Crippen LogP) is 5.94. The summed E-state index contributed by atoms with van der Waals surface area (Å²) >= 11 is 0. The number of rotatable bonds is 7. The van der Waals surface area contributed by atoms with Crippen LogP contribution in [0.15, 0.2) is 67.5 Å². The molecule has 1 N–H and O–H groups in total. The molecule has 3 aromatic heterocycles. The van der Waals surface area contributed by atoms with Crippen molar-refractivity contribution >= 4 is 5.82 Å². The van der Waals surface area contributed by atoms with E-state index in [0.717, 1.165) is 0 Å². The molecule has 0 fully saturated rings. The lowest BCUT2D eigenvalue weighted by Gasteiger charge is -2.15. The summed E-state index contributed by atoms with van der Waals surface area (Å²) < 4.78 is 82.1. The number of halogens is 6. The Bertz CT molecular complexity index is 1240. The Morgan fingerprint density at radius 1 is 0.771 bits per heavy atom. The van der Waals surface area contributed by atoms with Gasteiger partial charge in [0.05, 0.1) is 23.1 Å². The molecule has 0 saturated carbocycles. The highest BCUT2D eigenvalue weighted by Crippen LogP contribution is 2.38. The van der Waals surface area contributed by atoms with Crippen molar-refractivity contribution in [2.75, 3.05) is 11.9 Å². The molecular weight excluding hydrogens is 474 g/mol. The Morgan fingerprint density at radius 3 is 2.06 bits per heavy atom. The van der Waals surface area contributed by atoms with E-state index < -0.39 is 23.5 Å². The summed E-state index contributed by atoms with van der Waals surface area (Å²) in [5.41, 5.74) is -2.74. The molecule has 0 aliphatic heterocycles. The largest absolute Gasteiger partial charge is 0.416 e. The minimum absolute atomic E-state index is 0.0829. The van der Waals surface area contributed by atoms with Gasteiger partial charge in [0, 0.05) is 55.1 Å². The number of nitrogens with zero attached hydrogens (tertiary/aromatic N) is 5. The van der Waals surface area contributed by atoms with Crippen LogP contribution < -0.4 is 5.32 Å². The molecule has 4 aromatic rings. The maximum Gasteiger partial charge on any atom is 0.416 e. The third kappa shape index (κ3) is 6.14. The van der Waals surface area contributed by atoms with Crippen molar-refractivity contribution in [1.29, 1.82) is 0 Å². The van der Waals surface area contributed by atoms with Crippen molar-refractivity contribution in [2.24, 2.45) is 0 Å². The van der Waals surface area contributed by atoms with E-state index in [4.69, 9.17) is 0 Å². The molecular formula is C23H18F6N6. The van der Waals surface area contributed by atoms with E-state index in [1.807, 2.05) is 4.57 Å². The van der Waals surface area contributed by atoms with Gasteiger partial charge < -0.3 is 9.88 Å². The molecule has 4 rings (SSSR count). The average Bonchev–Trinajstić information content (AvgIpc) is 3.34. The second kappa shape index (κ2) is 9.72. The zero-order valence-electron chi connectivity index (χ0n) is 18.0. The van der Waals surface area contributed by atoms with Crippen molar-refractivity contribution in [3.63, 3.8) is 0 Å². The third-order valence-electron chi connectivity index (χ3n) is 5.01. The Morgan fingerprint density at radius 2 is 1.46 bits per heavy atom. The molecule has 0 saturated heterocycles. The van der Waals surface area contributed by atoms with Crippen molar-refractivity contribution in [3.05, 3.63) is 78.6 Å². The van der Waals surface area contributed by atoms with Crippen LogP contribution in [0.1, 0.15) is 17.5 Å². The highest BCUT2D eigenvalue weighted by Gasteiger charge is 2.37. The van der Waals surface area contributed by atoms with Gasteiger partial charge in [-0.3, -0.25) is 4.98 Å². The van der Waals surface area contributed by atoms with Crippen LogP contribution >= 0.6 is 0 Å². The second-order valence-corrected chi connectivity index (χ2v) is 7.57. The smallest absolute Gasteiger partial charge is 0.370 e. The SMILES string of the molecule is FC(F)(F)c1cc(-c2cc(NCCCn3ccnc3)nc(-c3ccncc3)n2)cc(C(F)(F)F)c1. The summed E-state index contributed by atoms with van der Waals surface area (Å²) in [5, 5.41) is 3.07. The number of nitrogens with one attached hydrogen (secondary N) is 1. The van der Waals surface area contributed by atoms with Crippen LogP contribution in [0.4, 0.5) is 32.2 Å². The van der Waals surface area contributed by atoms with E-state index >= 15 is 0 Å². The van der Waals surface area contributed by atoms with E-state index in [2.05, 4.69) is 25.3 Å². The number of pyridine rings is 1. The molecule has 0 bridgehead atoms. The molecule has 1 aromatic carbocycles. The van der Waals surface area contributed by atoms with E-state index in [1.54, 1.807) is 30.9 Å². The normalized spacial score (nSPS) is 12.1. The summed E-state index contributed by atoms with van der Waals surface area (Å²) in [4.78, 5) is 16.5. The Hall–Kier alpha value is -3.96. The maximum atomic E-state index is 13.4. The van der Waals surface area contributed by atoms with Crippen molar-refractivity contribution < 1.29 is 26.3 Å². The standard InChI is InChI=1S/C23H18F6N6/c24-22(25,26)17-10-16(11-18(12-17)23(27,28)29)19-13-20(32-4-1-8-35-9-7-31-14-35)34-21(33-19)15-2-5-30-6-3-15/h2-3,5-7,9-14H,1,4,8H2,(H,32,33,34). The third-order valence-corrected chi connectivity index (χ3v) is 5.01. The fraction of sp³-hybridized carbons (Fsp3) is 0.217. The molecule has 0 aliphatic carbocycles. The predicted molar refractivity (Wildman–Crippen MR) is 116 cm³/mol. The molecule has 0 radical (unpaired) electrons. The second-order valence-electron chi connectivity index (χ2n) is 7.57. The van der Waals surface area contributed by atoms with Crippen LogP contribution in [0.3, 0.4) is 0 Å². The van der Waals surface area contributed by atoms with E-state index in [0.29, 0.717) is 37.2 Å². The Labute approximate surface area is 195 Å². The molecule has 35 heavy (non-hydrogen) atoms. The van der Waals surface area contributed by atoms with Crippen LogP contribution in [0, 0.1) is 0 Å². The number of aryl methyl sites for hydroxylation is 1. The molecule has 0 spiro atoms. The van der Waals surface area contributed by atoms with Gasteiger partial charge >= 0.3 is 12.4 Å². The molecule has 0 unspecified atom stereocenters. The maximum absolute atomic E-state index is 13.4. The van der Waals surface area contributed by atoms with Gasteiger partial charge in [-0.2, -0.15) is 26.3 Å². The first kappa shape index (κ1) is 24.2. The van der Waals surface area contributed by atoms with Gasteiger partial charge in [-0.25, -0.2) is 15.0 Å². The summed E-state index contributed by atoms with van der Waals surface area (Å²) in [7, 11) is 0. The first-order valence-electron chi connectivity index (χ1n) is 10.4. The summed E-state index contributed by atoms with van der Waals surface area (Å²) in [6.45, 7) is 1.10. The van der Waals surface area contributed by atoms with Crippen LogP contribution in [0.5, 0.6) is 0 Å². The average molecular weight is 492 g/mol. The van der Waals surface area contributed by atoms with Crippen LogP contribution in [0.25, 0.3) is 22.6 Å². The zero-order valence-corrected chi connectivity index (χ0v) is 18.0. The molecule has 0 amide bonds. The number of aromatic nitrogens is 5. The van der Waals surface area contributed by atoms with Gasteiger partial charge in [0.1, 0.15) is 5.82 Å². The molecule has 182 valence electrons. The van der Waals surface area contributed by atoms with Crippen molar-refractivity contribution in [3.8, 4) is 22.6 Å². The van der Waals surface area contributed by atoms with Crippen LogP contribution in [-0.2, 0) is 18.9 Å². The van der Waals surface area contributed by atoms with Crippen molar-refractivity contribution in [2.45, 2.75) is 25.3 Å². The Kier molecular flexibility index (Phi) is 6.72. The lowest BCUT2D eigenvalue weighted by atomic mass is 10.0. The molecule has 0 aliphatic rings. The highest BCUT2D eigenvalue weighted by molar-refractivity contribution is 5.68. The van der Waals surface area contributed by atoms with Gasteiger partial charge in [0.25, 0.3) is 0 Å². The van der Waals surface area contributed by atoms with Crippen LogP contribution in [0.2, 0.25) is 0 Å². The fourth-order valence-electron chi connectivity index (χ4n) is 3.32. The fourth-order valence-corrected chi connectivity index (χ4v) is 3.32. The summed E-state index contributed by atoms with van der Waals surface area (Å²) in [6, 6.07) is 5.90. The topological polar surface area (TPSA) is 68.5 Å².